The highest BCUT2D eigenvalue weighted by Crippen LogP contribution is 2.34. The van der Waals surface area contributed by atoms with Gasteiger partial charge in [0.2, 0.25) is 0 Å². The highest BCUT2D eigenvalue weighted by atomic mass is 16.5. The van der Waals surface area contributed by atoms with Crippen LogP contribution in [-0.2, 0) is 13.1 Å². The number of ether oxygens (including phenoxy) is 1. The van der Waals surface area contributed by atoms with Crippen LogP contribution >= 0.6 is 0 Å². The number of nitrogens with zero attached hydrogens (tertiary/aromatic N) is 3. The third-order valence-electron chi connectivity index (χ3n) is 8.51. The Labute approximate surface area is 247 Å². The molecule has 0 spiro atoms. The van der Waals surface area contributed by atoms with E-state index in [1.54, 1.807) is 7.11 Å². The Morgan fingerprint density at radius 2 is 1.64 bits per heavy atom. The van der Waals surface area contributed by atoms with E-state index in [4.69, 9.17) is 4.74 Å². The first-order chi connectivity index (χ1) is 20.5. The number of nitrogens with one attached hydrogen (secondary N) is 1. The molecule has 3 heterocycles. The van der Waals surface area contributed by atoms with Gasteiger partial charge in [0.1, 0.15) is 11.4 Å². The van der Waals surface area contributed by atoms with Crippen molar-refractivity contribution in [2.45, 2.75) is 39.3 Å². The summed E-state index contributed by atoms with van der Waals surface area (Å²) in [6.07, 6.45) is 3.77. The Balaban J connectivity index is 1.25. The number of benzene rings is 3. The van der Waals surface area contributed by atoms with Gasteiger partial charge in [0.25, 0.3) is 11.8 Å². The second-order valence-electron chi connectivity index (χ2n) is 11.2. The van der Waals surface area contributed by atoms with Crippen molar-refractivity contribution in [3.05, 3.63) is 107 Å². The molecule has 3 aromatic carbocycles. The molecular weight excluding hydrogens is 524 g/mol. The number of amides is 2. The zero-order valence-corrected chi connectivity index (χ0v) is 24.4. The van der Waals surface area contributed by atoms with Crippen LogP contribution in [0.3, 0.4) is 0 Å². The molecule has 0 saturated carbocycles. The van der Waals surface area contributed by atoms with E-state index in [0.717, 1.165) is 59.0 Å². The molecule has 1 saturated heterocycles. The third-order valence-corrected chi connectivity index (χ3v) is 8.51. The van der Waals surface area contributed by atoms with Gasteiger partial charge in [-0.05, 0) is 85.9 Å². The Bertz CT molecular complexity index is 1600. The van der Waals surface area contributed by atoms with E-state index >= 15 is 0 Å². The molecule has 7 heteroatoms. The van der Waals surface area contributed by atoms with Crippen LogP contribution in [0.4, 0.5) is 5.69 Å². The zero-order chi connectivity index (χ0) is 29.1. The predicted octanol–water partition coefficient (Wildman–Crippen LogP) is 5.90. The van der Waals surface area contributed by atoms with Gasteiger partial charge in [-0.3, -0.25) is 9.59 Å². The number of aromatic nitrogens is 1. The molecule has 2 aliphatic rings. The summed E-state index contributed by atoms with van der Waals surface area (Å²) in [6.45, 7) is 6.66. The second-order valence-corrected chi connectivity index (χ2v) is 11.2. The van der Waals surface area contributed by atoms with Crippen molar-refractivity contribution in [3.8, 4) is 16.9 Å². The first-order valence-corrected chi connectivity index (χ1v) is 14.9. The molecule has 0 radical (unpaired) electrons. The van der Waals surface area contributed by atoms with E-state index in [9.17, 15) is 9.59 Å². The van der Waals surface area contributed by atoms with Gasteiger partial charge in [-0.15, -0.1) is 0 Å². The number of aryl methyl sites for hydroxylation is 1. The lowest BCUT2D eigenvalue weighted by Crippen LogP contribution is -2.38. The number of piperidine rings is 1. The van der Waals surface area contributed by atoms with Crippen molar-refractivity contribution in [2.75, 3.05) is 38.2 Å². The largest absolute Gasteiger partial charge is 0.496 e. The van der Waals surface area contributed by atoms with Crippen molar-refractivity contribution in [2.24, 2.45) is 0 Å². The summed E-state index contributed by atoms with van der Waals surface area (Å²) in [5.74, 6) is 0.658. The maximum Gasteiger partial charge on any atom is 0.267 e. The van der Waals surface area contributed by atoms with Crippen molar-refractivity contribution >= 4 is 17.5 Å². The quantitative estimate of drug-likeness (QED) is 0.305. The van der Waals surface area contributed by atoms with Gasteiger partial charge in [0.05, 0.1) is 20.2 Å². The van der Waals surface area contributed by atoms with Crippen LogP contribution in [0.25, 0.3) is 11.1 Å². The third kappa shape index (κ3) is 5.57. The Morgan fingerprint density at radius 3 is 2.45 bits per heavy atom. The molecule has 4 aromatic rings. The number of methoxy groups -OCH3 is 1. The number of carbonyl (C=O) groups is 2. The fourth-order valence-corrected chi connectivity index (χ4v) is 6.26. The summed E-state index contributed by atoms with van der Waals surface area (Å²) in [6, 6.07) is 25.6. The topological polar surface area (TPSA) is 66.8 Å². The van der Waals surface area contributed by atoms with Crippen molar-refractivity contribution in [3.63, 3.8) is 0 Å². The van der Waals surface area contributed by atoms with Gasteiger partial charge in [0, 0.05) is 35.6 Å². The number of fused-ring (bicyclic) bond motifs is 2. The number of hydrogen-bond acceptors (Lipinski definition) is 4. The SMILES string of the molecule is COc1ccccc1-c1ccc(C(=O)N2Cc3ccc(C(=O)NCCN4CCCCC4)n3Cc3ccccc32)cc1C. The molecule has 7 nitrogen and oxygen atoms in total. The van der Waals surface area contributed by atoms with Crippen molar-refractivity contribution in [1.82, 2.24) is 14.8 Å². The summed E-state index contributed by atoms with van der Waals surface area (Å²) in [5.41, 5.74) is 7.09. The molecule has 6 rings (SSSR count). The molecule has 1 fully saturated rings. The summed E-state index contributed by atoms with van der Waals surface area (Å²) >= 11 is 0. The van der Waals surface area contributed by atoms with Gasteiger partial charge >= 0.3 is 0 Å². The molecule has 0 aliphatic carbocycles. The molecule has 0 bridgehead atoms. The number of para-hydroxylation sites is 2. The van der Waals surface area contributed by atoms with E-state index in [2.05, 4.69) is 14.8 Å². The van der Waals surface area contributed by atoms with Gasteiger partial charge in [-0.25, -0.2) is 0 Å². The van der Waals surface area contributed by atoms with E-state index < -0.39 is 0 Å². The number of carbonyl (C=O) groups excluding carboxylic acids is 2. The minimum absolute atomic E-state index is 0.0701. The Hall–Kier alpha value is -4.36. The number of hydrogen-bond donors (Lipinski definition) is 1. The van der Waals surface area contributed by atoms with Crippen LogP contribution in [0, 0.1) is 6.92 Å². The van der Waals surface area contributed by atoms with Crippen molar-refractivity contribution in [1.29, 1.82) is 0 Å². The minimum Gasteiger partial charge on any atom is -0.496 e. The maximum absolute atomic E-state index is 14.1. The van der Waals surface area contributed by atoms with E-state index in [-0.39, 0.29) is 11.8 Å². The molecule has 2 amide bonds. The smallest absolute Gasteiger partial charge is 0.267 e. The molecule has 1 aromatic heterocycles. The normalized spacial score (nSPS) is 15.0. The lowest BCUT2D eigenvalue weighted by Gasteiger charge is -2.26. The highest BCUT2D eigenvalue weighted by Gasteiger charge is 2.28. The van der Waals surface area contributed by atoms with E-state index in [0.29, 0.717) is 30.9 Å². The van der Waals surface area contributed by atoms with Gasteiger partial charge in [0.15, 0.2) is 0 Å². The van der Waals surface area contributed by atoms with Gasteiger partial charge < -0.3 is 24.4 Å². The Kier molecular flexibility index (Phi) is 8.11. The predicted molar refractivity (Wildman–Crippen MR) is 166 cm³/mol. The zero-order valence-electron chi connectivity index (χ0n) is 24.4. The molecular formula is C35H38N4O3. The molecule has 2 aliphatic heterocycles. The highest BCUT2D eigenvalue weighted by molar-refractivity contribution is 6.07. The Morgan fingerprint density at radius 1 is 0.857 bits per heavy atom. The summed E-state index contributed by atoms with van der Waals surface area (Å²) in [4.78, 5) is 31.6. The van der Waals surface area contributed by atoms with Crippen LogP contribution < -0.4 is 15.0 Å². The van der Waals surface area contributed by atoms with E-state index in [1.165, 1.54) is 19.3 Å². The van der Waals surface area contributed by atoms with Crippen LogP contribution in [0.1, 0.15) is 56.9 Å². The second kappa shape index (κ2) is 12.2. The van der Waals surface area contributed by atoms with Crippen LogP contribution in [0.5, 0.6) is 5.75 Å². The van der Waals surface area contributed by atoms with Crippen LogP contribution in [0.15, 0.2) is 78.9 Å². The molecule has 0 atom stereocenters. The summed E-state index contributed by atoms with van der Waals surface area (Å²) in [7, 11) is 1.67. The lowest BCUT2D eigenvalue weighted by molar-refractivity contribution is 0.0937. The minimum atomic E-state index is -0.0712. The standard InChI is InChI=1S/C35H38N4O3/c1-25-22-26(14-16-29(25)30-11-5-7-13-33(30)42-2)35(41)39-24-28-15-17-32(38(28)23-27-10-4-6-12-31(27)39)34(40)36-18-21-37-19-8-3-9-20-37/h4-7,10-17,22H,3,8-9,18-21,23-24H2,1-2H3,(H,36,40). The van der Waals surface area contributed by atoms with Gasteiger partial charge in [-0.1, -0.05) is 48.9 Å². The first kappa shape index (κ1) is 27.8. The monoisotopic (exact) mass is 562 g/mol. The summed E-state index contributed by atoms with van der Waals surface area (Å²) in [5, 5.41) is 3.13. The average molecular weight is 563 g/mol. The van der Waals surface area contributed by atoms with Crippen LogP contribution in [0.2, 0.25) is 0 Å². The van der Waals surface area contributed by atoms with Crippen molar-refractivity contribution < 1.29 is 14.3 Å². The maximum atomic E-state index is 14.1. The fraction of sp³-hybridized carbons (Fsp3) is 0.314. The number of anilines is 1. The fourth-order valence-electron chi connectivity index (χ4n) is 6.26. The number of rotatable bonds is 7. The lowest BCUT2D eigenvalue weighted by atomic mass is 9.97. The van der Waals surface area contributed by atoms with E-state index in [1.807, 2.05) is 90.7 Å². The molecule has 1 N–H and O–H groups in total. The van der Waals surface area contributed by atoms with Gasteiger partial charge in [-0.2, -0.15) is 0 Å². The average Bonchev–Trinajstić information content (AvgIpc) is 3.34. The number of likely N-dealkylation sites (tertiary alicyclic amines) is 1. The summed E-state index contributed by atoms with van der Waals surface area (Å²) < 4.78 is 7.63. The first-order valence-electron chi connectivity index (χ1n) is 14.9. The molecule has 42 heavy (non-hydrogen) atoms. The van der Waals surface area contributed by atoms with Crippen LogP contribution in [-0.4, -0.2) is 54.6 Å². The molecule has 216 valence electrons. The molecule has 0 unspecified atom stereocenters.